The van der Waals surface area contributed by atoms with E-state index in [-0.39, 0.29) is 24.3 Å². The SMILES string of the molecule is CCc1ccc(C(=O)NC2(CC(=O)O)CCOC2)cc1[N+](=O)[O-]. The molecule has 1 amide bonds. The fraction of sp³-hybridized carbons (Fsp3) is 0.467. The van der Waals surface area contributed by atoms with Crippen LogP contribution in [0.25, 0.3) is 0 Å². The van der Waals surface area contributed by atoms with Gasteiger partial charge in [-0.2, -0.15) is 0 Å². The van der Waals surface area contributed by atoms with E-state index in [0.29, 0.717) is 25.0 Å². The maximum absolute atomic E-state index is 12.4. The number of carbonyl (C=O) groups is 2. The number of carbonyl (C=O) groups excluding carboxylic acids is 1. The number of aliphatic carboxylic acids is 1. The van der Waals surface area contributed by atoms with Crippen molar-refractivity contribution in [3.05, 3.63) is 39.4 Å². The van der Waals surface area contributed by atoms with Crippen LogP contribution in [-0.4, -0.2) is 40.7 Å². The number of benzene rings is 1. The Kier molecular flexibility index (Phi) is 4.95. The van der Waals surface area contributed by atoms with Gasteiger partial charge >= 0.3 is 5.97 Å². The number of carboxylic acid groups (broad SMARTS) is 1. The molecule has 0 spiro atoms. The summed E-state index contributed by atoms with van der Waals surface area (Å²) >= 11 is 0. The van der Waals surface area contributed by atoms with Crippen molar-refractivity contribution in [1.82, 2.24) is 5.32 Å². The Morgan fingerprint density at radius 2 is 2.22 bits per heavy atom. The number of carboxylic acids is 1. The van der Waals surface area contributed by atoms with Crippen LogP contribution in [0.15, 0.2) is 18.2 Å². The minimum absolute atomic E-state index is 0.111. The number of nitro benzene ring substituents is 1. The molecule has 124 valence electrons. The number of rotatable bonds is 6. The van der Waals surface area contributed by atoms with E-state index in [1.807, 2.05) is 0 Å². The first-order valence-electron chi connectivity index (χ1n) is 7.26. The molecule has 0 bridgehead atoms. The minimum atomic E-state index is -1.04. The van der Waals surface area contributed by atoms with Crippen LogP contribution in [0.1, 0.15) is 35.7 Å². The molecule has 23 heavy (non-hydrogen) atoms. The summed E-state index contributed by atoms with van der Waals surface area (Å²) in [4.78, 5) is 33.9. The lowest BCUT2D eigenvalue weighted by molar-refractivity contribution is -0.385. The third-order valence-corrected chi connectivity index (χ3v) is 3.90. The molecule has 1 aromatic carbocycles. The number of hydrogen-bond donors (Lipinski definition) is 2. The van der Waals surface area contributed by atoms with Crippen LogP contribution in [0.2, 0.25) is 0 Å². The lowest BCUT2D eigenvalue weighted by Gasteiger charge is -2.27. The average molecular weight is 322 g/mol. The molecule has 1 aliphatic heterocycles. The second kappa shape index (κ2) is 6.74. The predicted octanol–water partition coefficient (Wildman–Crippen LogP) is 1.52. The average Bonchev–Trinajstić information content (AvgIpc) is 2.93. The Balaban J connectivity index is 2.24. The van der Waals surface area contributed by atoms with Crippen molar-refractivity contribution in [2.45, 2.75) is 31.7 Å². The first-order chi connectivity index (χ1) is 10.9. The first kappa shape index (κ1) is 16.9. The van der Waals surface area contributed by atoms with E-state index in [1.54, 1.807) is 13.0 Å². The highest BCUT2D eigenvalue weighted by atomic mass is 16.6. The molecule has 1 unspecified atom stereocenters. The van der Waals surface area contributed by atoms with Gasteiger partial charge in [-0.1, -0.05) is 13.0 Å². The number of nitrogens with one attached hydrogen (secondary N) is 1. The molecule has 1 aromatic rings. The Labute approximate surface area is 132 Å². The molecule has 0 aliphatic carbocycles. The van der Waals surface area contributed by atoms with Crippen LogP contribution >= 0.6 is 0 Å². The number of aryl methyl sites for hydroxylation is 1. The minimum Gasteiger partial charge on any atom is -0.481 e. The van der Waals surface area contributed by atoms with Crippen LogP contribution in [-0.2, 0) is 16.0 Å². The van der Waals surface area contributed by atoms with Gasteiger partial charge in [-0.3, -0.25) is 19.7 Å². The standard InChI is InChI=1S/C15H18N2O6/c1-2-10-3-4-11(7-12(10)17(21)22)14(20)16-15(8-13(18)19)5-6-23-9-15/h3-4,7H,2,5-6,8-9H2,1H3,(H,16,20)(H,18,19). The van der Waals surface area contributed by atoms with Crippen LogP contribution in [0, 0.1) is 10.1 Å². The van der Waals surface area contributed by atoms with Crippen molar-refractivity contribution in [1.29, 1.82) is 0 Å². The maximum Gasteiger partial charge on any atom is 0.305 e. The van der Waals surface area contributed by atoms with E-state index in [2.05, 4.69) is 5.32 Å². The lowest BCUT2D eigenvalue weighted by Crippen LogP contribution is -2.50. The molecule has 1 aliphatic rings. The molecular formula is C15H18N2O6. The van der Waals surface area contributed by atoms with Crippen molar-refractivity contribution in [2.24, 2.45) is 0 Å². The van der Waals surface area contributed by atoms with Gasteiger partial charge in [0.25, 0.3) is 11.6 Å². The molecule has 1 atom stereocenters. The van der Waals surface area contributed by atoms with Gasteiger partial charge in [0.15, 0.2) is 0 Å². The topological polar surface area (TPSA) is 119 Å². The van der Waals surface area contributed by atoms with Crippen molar-refractivity contribution in [3.63, 3.8) is 0 Å². The van der Waals surface area contributed by atoms with E-state index in [0.717, 1.165) is 0 Å². The van der Waals surface area contributed by atoms with Crippen molar-refractivity contribution < 1.29 is 24.4 Å². The smallest absolute Gasteiger partial charge is 0.305 e. The summed E-state index contributed by atoms with van der Waals surface area (Å²) in [5.74, 6) is -1.58. The number of ether oxygens (including phenoxy) is 1. The van der Waals surface area contributed by atoms with Crippen LogP contribution < -0.4 is 5.32 Å². The van der Waals surface area contributed by atoms with Crippen molar-refractivity contribution in [2.75, 3.05) is 13.2 Å². The molecule has 0 saturated carbocycles. The van der Waals surface area contributed by atoms with Crippen LogP contribution in [0.5, 0.6) is 0 Å². The van der Waals surface area contributed by atoms with Gasteiger partial charge in [0, 0.05) is 23.8 Å². The Bertz CT molecular complexity index is 637. The molecule has 1 fully saturated rings. The molecule has 8 nitrogen and oxygen atoms in total. The first-order valence-corrected chi connectivity index (χ1v) is 7.26. The molecular weight excluding hydrogens is 304 g/mol. The van der Waals surface area contributed by atoms with E-state index < -0.39 is 22.3 Å². The number of amides is 1. The summed E-state index contributed by atoms with van der Waals surface area (Å²) in [7, 11) is 0. The van der Waals surface area contributed by atoms with E-state index in [4.69, 9.17) is 9.84 Å². The zero-order chi connectivity index (χ0) is 17.0. The maximum atomic E-state index is 12.4. The van der Waals surface area contributed by atoms with Gasteiger partial charge in [0.05, 0.1) is 23.5 Å². The largest absolute Gasteiger partial charge is 0.481 e. The monoisotopic (exact) mass is 322 g/mol. The Morgan fingerprint density at radius 1 is 1.48 bits per heavy atom. The molecule has 2 N–H and O–H groups in total. The zero-order valence-corrected chi connectivity index (χ0v) is 12.7. The van der Waals surface area contributed by atoms with Gasteiger partial charge in [-0.05, 0) is 18.9 Å². The number of nitrogens with zero attached hydrogens (tertiary/aromatic N) is 1. The van der Waals surface area contributed by atoms with Crippen LogP contribution in [0.4, 0.5) is 5.69 Å². The van der Waals surface area contributed by atoms with E-state index >= 15 is 0 Å². The molecule has 0 aromatic heterocycles. The second-order valence-corrected chi connectivity index (χ2v) is 5.56. The number of nitro groups is 1. The molecule has 2 rings (SSSR count). The Morgan fingerprint density at radius 3 is 2.74 bits per heavy atom. The Hall–Kier alpha value is -2.48. The summed E-state index contributed by atoms with van der Waals surface area (Å²) in [5, 5.41) is 22.8. The van der Waals surface area contributed by atoms with Crippen molar-refractivity contribution in [3.8, 4) is 0 Å². The molecule has 1 saturated heterocycles. The van der Waals surface area contributed by atoms with E-state index in [9.17, 15) is 19.7 Å². The van der Waals surface area contributed by atoms with Gasteiger partial charge in [0.1, 0.15) is 0 Å². The van der Waals surface area contributed by atoms with E-state index in [1.165, 1.54) is 12.1 Å². The highest BCUT2D eigenvalue weighted by molar-refractivity contribution is 5.95. The van der Waals surface area contributed by atoms with Gasteiger partial charge in [0.2, 0.25) is 0 Å². The van der Waals surface area contributed by atoms with Crippen LogP contribution in [0.3, 0.4) is 0 Å². The fourth-order valence-electron chi connectivity index (χ4n) is 2.67. The quantitative estimate of drug-likeness (QED) is 0.605. The van der Waals surface area contributed by atoms with Gasteiger partial charge in [-0.25, -0.2) is 0 Å². The zero-order valence-electron chi connectivity index (χ0n) is 12.7. The summed E-state index contributed by atoms with van der Waals surface area (Å²) in [6.45, 7) is 2.27. The molecule has 1 heterocycles. The lowest BCUT2D eigenvalue weighted by atomic mass is 9.93. The normalized spacial score (nSPS) is 20.2. The number of hydrogen-bond acceptors (Lipinski definition) is 5. The predicted molar refractivity (Wildman–Crippen MR) is 80.4 cm³/mol. The summed E-state index contributed by atoms with van der Waals surface area (Å²) < 4.78 is 5.21. The third-order valence-electron chi connectivity index (χ3n) is 3.90. The fourth-order valence-corrected chi connectivity index (χ4v) is 2.67. The third kappa shape index (κ3) is 3.84. The molecule has 8 heteroatoms. The summed E-state index contributed by atoms with van der Waals surface area (Å²) in [6.07, 6.45) is 0.614. The highest BCUT2D eigenvalue weighted by Crippen LogP contribution is 2.25. The summed E-state index contributed by atoms with van der Waals surface area (Å²) in [5.41, 5.74) is -0.419. The second-order valence-electron chi connectivity index (χ2n) is 5.56. The highest BCUT2D eigenvalue weighted by Gasteiger charge is 2.39. The van der Waals surface area contributed by atoms with Crippen molar-refractivity contribution >= 4 is 17.6 Å². The summed E-state index contributed by atoms with van der Waals surface area (Å²) in [6, 6.07) is 4.27. The van der Waals surface area contributed by atoms with Gasteiger partial charge < -0.3 is 15.2 Å². The van der Waals surface area contributed by atoms with Gasteiger partial charge in [-0.15, -0.1) is 0 Å². The molecule has 0 radical (unpaired) electrons.